The zero-order valence-electron chi connectivity index (χ0n) is 19.7. The smallest absolute Gasteiger partial charge is 0.264 e. The molecule has 0 spiro atoms. The number of carbonyl (C=O) groups is 1. The van der Waals surface area contributed by atoms with Crippen molar-refractivity contribution in [3.8, 4) is 11.4 Å². The van der Waals surface area contributed by atoms with Gasteiger partial charge in [0.25, 0.3) is 15.9 Å². The molecule has 0 aliphatic carbocycles. The van der Waals surface area contributed by atoms with Crippen molar-refractivity contribution in [2.75, 3.05) is 23.3 Å². The van der Waals surface area contributed by atoms with Crippen molar-refractivity contribution in [3.63, 3.8) is 0 Å². The average Bonchev–Trinajstić information content (AvgIpc) is 3.16. The summed E-state index contributed by atoms with van der Waals surface area (Å²) >= 11 is 0. The highest BCUT2D eigenvalue weighted by Gasteiger charge is 2.21. The SMILES string of the molecule is Cc1nn(-c2ccccc2)c(C)c1NC(=O)COc1ccc(N(C)S(=O)(=O)c2ccccc2)cc1. The number of rotatable bonds is 8. The first-order valence-corrected chi connectivity index (χ1v) is 12.4. The van der Waals surface area contributed by atoms with E-state index in [9.17, 15) is 13.2 Å². The lowest BCUT2D eigenvalue weighted by atomic mass is 10.3. The molecule has 0 aliphatic rings. The Morgan fingerprint density at radius 2 is 1.54 bits per heavy atom. The molecule has 0 bridgehead atoms. The van der Waals surface area contributed by atoms with Crippen molar-refractivity contribution >= 4 is 27.3 Å². The standard InChI is InChI=1S/C26H26N4O4S/c1-19-26(20(2)30(28-19)22-10-6-4-7-11-22)27-25(31)18-34-23-16-14-21(15-17-23)29(3)35(32,33)24-12-8-5-9-13-24/h4-17H,18H2,1-3H3,(H,27,31). The van der Waals surface area contributed by atoms with E-state index in [4.69, 9.17) is 4.74 Å². The van der Waals surface area contributed by atoms with Crippen molar-refractivity contribution in [3.05, 3.63) is 96.3 Å². The Hall–Kier alpha value is -4.11. The Labute approximate surface area is 204 Å². The summed E-state index contributed by atoms with van der Waals surface area (Å²) in [6, 6.07) is 24.4. The van der Waals surface area contributed by atoms with Crippen LogP contribution in [0.2, 0.25) is 0 Å². The summed E-state index contributed by atoms with van der Waals surface area (Å²) in [6.07, 6.45) is 0. The lowest BCUT2D eigenvalue weighted by Gasteiger charge is -2.19. The second-order valence-electron chi connectivity index (χ2n) is 7.91. The molecule has 0 saturated carbocycles. The molecule has 4 aromatic rings. The van der Waals surface area contributed by atoms with E-state index in [0.717, 1.165) is 11.4 Å². The predicted molar refractivity (Wildman–Crippen MR) is 136 cm³/mol. The molecule has 8 nitrogen and oxygen atoms in total. The first kappa shape index (κ1) is 24.0. The summed E-state index contributed by atoms with van der Waals surface area (Å²) in [5.41, 5.74) is 3.54. The van der Waals surface area contributed by atoms with Crippen molar-refractivity contribution < 1.29 is 17.9 Å². The molecule has 0 radical (unpaired) electrons. The van der Waals surface area contributed by atoms with Crippen LogP contribution in [0.5, 0.6) is 5.75 Å². The van der Waals surface area contributed by atoms with E-state index in [1.807, 2.05) is 44.2 Å². The quantitative estimate of drug-likeness (QED) is 0.397. The number of amides is 1. The maximum Gasteiger partial charge on any atom is 0.264 e. The lowest BCUT2D eigenvalue weighted by molar-refractivity contribution is -0.118. The molecule has 0 saturated heterocycles. The molecule has 9 heteroatoms. The van der Waals surface area contributed by atoms with E-state index in [0.29, 0.717) is 22.8 Å². The van der Waals surface area contributed by atoms with Crippen LogP contribution in [-0.4, -0.2) is 37.8 Å². The van der Waals surface area contributed by atoms with E-state index >= 15 is 0 Å². The summed E-state index contributed by atoms with van der Waals surface area (Å²) in [5.74, 6) is 0.125. The fourth-order valence-electron chi connectivity index (χ4n) is 3.61. The van der Waals surface area contributed by atoms with Gasteiger partial charge in [-0.2, -0.15) is 5.10 Å². The summed E-state index contributed by atoms with van der Waals surface area (Å²) in [7, 11) is -2.18. The van der Waals surface area contributed by atoms with Crippen LogP contribution in [0.4, 0.5) is 11.4 Å². The van der Waals surface area contributed by atoms with Crippen LogP contribution < -0.4 is 14.4 Å². The normalized spacial score (nSPS) is 11.2. The number of ether oxygens (including phenoxy) is 1. The third kappa shape index (κ3) is 5.20. The number of carbonyl (C=O) groups excluding carboxylic acids is 1. The number of hydrogen-bond acceptors (Lipinski definition) is 5. The van der Waals surface area contributed by atoms with Gasteiger partial charge < -0.3 is 10.1 Å². The predicted octanol–water partition coefficient (Wildman–Crippen LogP) is 4.33. The number of hydrogen-bond donors (Lipinski definition) is 1. The minimum absolute atomic E-state index is 0.201. The van der Waals surface area contributed by atoms with Crippen molar-refractivity contribution in [2.24, 2.45) is 0 Å². The molecule has 0 unspecified atom stereocenters. The van der Waals surface area contributed by atoms with Gasteiger partial charge in [0.2, 0.25) is 0 Å². The molecule has 0 atom stereocenters. The number of nitrogens with one attached hydrogen (secondary N) is 1. The molecule has 35 heavy (non-hydrogen) atoms. The molecule has 1 heterocycles. The van der Waals surface area contributed by atoms with Gasteiger partial charge in [-0.1, -0.05) is 36.4 Å². The summed E-state index contributed by atoms with van der Waals surface area (Å²) in [5, 5.41) is 7.40. The van der Waals surface area contributed by atoms with Crippen molar-refractivity contribution in [1.82, 2.24) is 9.78 Å². The molecule has 1 aromatic heterocycles. The largest absolute Gasteiger partial charge is 0.484 e. The molecular weight excluding hydrogens is 464 g/mol. The molecule has 180 valence electrons. The third-order valence-corrected chi connectivity index (χ3v) is 7.33. The van der Waals surface area contributed by atoms with Crippen LogP contribution in [-0.2, 0) is 14.8 Å². The van der Waals surface area contributed by atoms with Gasteiger partial charge in [-0.3, -0.25) is 9.10 Å². The van der Waals surface area contributed by atoms with Gasteiger partial charge in [-0.05, 0) is 62.4 Å². The van der Waals surface area contributed by atoms with Gasteiger partial charge in [0.1, 0.15) is 5.75 Å². The number of aryl methyl sites for hydroxylation is 1. The number of nitrogens with zero attached hydrogens (tertiary/aromatic N) is 3. The fourth-order valence-corrected chi connectivity index (χ4v) is 4.83. The lowest BCUT2D eigenvalue weighted by Crippen LogP contribution is -2.26. The number of anilines is 2. The maximum absolute atomic E-state index is 12.8. The third-order valence-electron chi connectivity index (χ3n) is 5.53. The van der Waals surface area contributed by atoms with Crippen LogP contribution in [0.25, 0.3) is 5.69 Å². The average molecular weight is 491 g/mol. The van der Waals surface area contributed by atoms with Gasteiger partial charge in [-0.15, -0.1) is 0 Å². The second kappa shape index (κ2) is 10.0. The fraction of sp³-hybridized carbons (Fsp3) is 0.154. The molecule has 3 aromatic carbocycles. The summed E-state index contributed by atoms with van der Waals surface area (Å²) in [6.45, 7) is 3.52. The molecule has 0 aliphatic heterocycles. The minimum atomic E-state index is -3.67. The first-order valence-electron chi connectivity index (χ1n) is 11.0. The zero-order chi connectivity index (χ0) is 25.0. The van der Waals surface area contributed by atoms with Gasteiger partial charge in [0.05, 0.1) is 33.3 Å². The first-order chi connectivity index (χ1) is 16.8. The van der Waals surface area contributed by atoms with Crippen molar-refractivity contribution in [1.29, 1.82) is 0 Å². The van der Waals surface area contributed by atoms with Gasteiger partial charge in [-0.25, -0.2) is 13.1 Å². The van der Waals surface area contributed by atoms with Gasteiger partial charge >= 0.3 is 0 Å². The summed E-state index contributed by atoms with van der Waals surface area (Å²) < 4.78 is 34.2. The van der Waals surface area contributed by atoms with Gasteiger partial charge in [0, 0.05) is 7.05 Å². The Morgan fingerprint density at radius 1 is 0.943 bits per heavy atom. The number of aromatic nitrogens is 2. The van der Waals surface area contributed by atoms with Crippen LogP contribution in [0.1, 0.15) is 11.4 Å². The maximum atomic E-state index is 12.8. The van der Waals surface area contributed by atoms with Crippen LogP contribution in [0.15, 0.2) is 89.8 Å². The summed E-state index contributed by atoms with van der Waals surface area (Å²) in [4.78, 5) is 12.7. The van der Waals surface area contributed by atoms with E-state index in [1.165, 1.54) is 11.4 Å². The Morgan fingerprint density at radius 3 is 2.17 bits per heavy atom. The van der Waals surface area contributed by atoms with E-state index < -0.39 is 10.0 Å². The van der Waals surface area contributed by atoms with E-state index in [2.05, 4.69) is 10.4 Å². The molecule has 4 rings (SSSR count). The van der Waals surface area contributed by atoms with E-state index in [1.54, 1.807) is 59.3 Å². The highest BCUT2D eigenvalue weighted by atomic mass is 32.2. The van der Waals surface area contributed by atoms with Crippen LogP contribution in [0, 0.1) is 13.8 Å². The topological polar surface area (TPSA) is 93.5 Å². The molecular formula is C26H26N4O4S. The monoisotopic (exact) mass is 490 g/mol. The van der Waals surface area contributed by atoms with E-state index in [-0.39, 0.29) is 17.4 Å². The molecule has 0 fully saturated rings. The minimum Gasteiger partial charge on any atom is -0.484 e. The Kier molecular flexibility index (Phi) is 6.88. The Balaban J connectivity index is 1.38. The molecule has 1 amide bonds. The number of benzene rings is 3. The van der Waals surface area contributed by atoms with Crippen LogP contribution in [0.3, 0.4) is 0 Å². The second-order valence-corrected chi connectivity index (χ2v) is 9.88. The van der Waals surface area contributed by atoms with Gasteiger partial charge in [0.15, 0.2) is 6.61 Å². The Bertz CT molecular complexity index is 1420. The zero-order valence-corrected chi connectivity index (χ0v) is 20.5. The number of sulfonamides is 1. The molecule has 1 N–H and O–H groups in total. The van der Waals surface area contributed by atoms with Crippen molar-refractivity contribution in [2.45, 2.75) is 18.7 Å². The highest BCUT2D eigenvalue weighted by Crippen LogP contribution is 2.25. The highest BCUT2D eigenvalue weighted by molar-refractivity contribution is 7.92. The number of para-hydroxylation sites is 1. The van der Waals surface area contributed by atoms with Crippen LogP contribution >= 0.6 is 0 Å².